The fourth-order valence-corrected chi connectivity index (χ4v) is 4.35. The van der Waals surface area contributed by atoms with Crippen LogP contribution in [0.4, 0.5) is 5.69 Å². The molecule has 1 atom stereocenters. The van der Waals surface area contributed by atoms with Gasteiger partial charge in [-0.25, -0.2) is 0 Å². The first kappa shape index (κ1) is 18.4. The van der Waals surface area contributed by atoms with E-state index in [1.165, 1.54) is 0 Å². The van der Waals surface area contributed by atoms with Gasteiger partial charge in [0.15, 0.2) is 0 Å². The van der Waals surface area contributed by atoms with E-state index in [1.54, 1.807) is 23.8 Å². The number of para-hydroxylation sites is 1. The Kier molecular flexibility index (Phi) is 6.11. The van der Waals surface area contributed by atoms with Crippen molar-refractivity contribution < 1.29 is 14.3 Å². The molecular formula is C19H20INO3S. The number of thioether (sulfide) groups is 1. The van der Waals surface area contributed by atoms with Gasteiger partial charge in [0.05, 0.1) is 19.4 Å². The molecule has 2 aromatic rings. The molecule has 25 heavy (non-hydrogen) atoms. The summed E-state index contributed by atoms with van der Waals surface area (Å²) in [5.74, 6) is 1.53. The summed E-state index contributed by atoms with van der Waals surface area (Å²) in [7, 11) is 3.46. The summed E-state index contributed by atoms with van der Waals surface area (Å²) in [5, 5.41) is -0.343. The monoisotopic (exact) mass is 469 g/mol. The maximum absolute atomic E-state index is 13.0. The van der Waals surface area contributed by atoms with Crippen molar-refractivity contribution in [1.82, 2.24) is 0 Å². The Hall–Kier alpha value is -1.41. The van der Waals surface area contributed by atoms with E-state index < -0.39 is 0 Å². The van der Waals surface area contributed by atoms with Crippen LogP contribution in [0.3, 0.4) is 0 Å². The van der Waals surface area contributed by atoms with Gasteiger partial charge in [0, 0.05) is 21.9 Å². The minimum Gasteiger partial charge on any atom is -0.497 e. The summed E-state index contributed by atoms with van der Waals surface area (Å²) >= 11 is 3.90. The Morgan fingerprint density at radius 1 is 1.24 bits per heavy atom. The Morgan fingerprint density at radius 2 is 2.04 bits per heavy atom. The van der Waals surface area contributed by atoms with E-state index in [4.69, 9.17) is 9.47 Å². The molecule has 1 aliphatic heterocycles. The Labute approximate surface area is 166 Å². The summed E-state index contributed by atoms with van der Waals surface area (Å²) < 4.78 is 12.4. The quantitative estimate of drug-likeness (QED) is 0.349. The molecule has 1 amide bonds. The number of rotatable bonds is 6. The Morgan fingerprint density at radius 3 is 2.80 bits per heavy atom. The molecule has 0 fully saturated rings. The molecule has 0 aromatic heterocycles. The van der Waals surface area contributed by atoms with Crippen LogP contribution in [0.25, 0.3) is 0 Å². The van der Waals surface area contributed by atoms with Gasteiger partial charge in [-0.3, -0.25) is 4.79 Å². The van der Waals surface area contributed by atoms with Gasteiger partial charge in [-0.1, -0.05) is 34.7 Å². The number of likely N-dealkylation sites (N-methyl/N-ethyl adjacent to an activating group) is 1. The number of carbonyl (C=O) groups excluding carboxylic acids is 1. The largest absolute Gasteiger partial charge is 0.497 e. The summed E-state index contributed by atoms with van der Waals surface area (Å²) in [6, 6.07) is 13.7. The van der Waals surface area contributed by atoms with E-state index in [9.17, 15) is 4.79 Å². The molecule has 1 aliphatic rings. The number of fused-ring (bicyclic) bond motifs is 1. The maximum atomic E-state index is 13.0. The molecule has 3 rings (SSSR count). The van der Waals surface area contributed by atoms with Gasteiger partial charge in [-0.05, 0) is 36.8 Å². The standard InChI is InChI=1S/C19H20INO3S/c1-21-15-6-3-4-7-17(15)25-18(19(21)22)14-12-13(23-2)8-9-16(14)24-11-5-10-20/h3-4,6-9,12,18H,5,10-11H2,1-2H3. The average molecular weight is 469 g/mol. The van der Waals surface area contributed by atoms with Crippen molar-refractivity contribution in [3.63, 3.8) is 0 Å². The molecule has 6 heteroatoms. The van der Waals surface area contributed by atoms with E-state index in [-0.39, 0.29) is 11.2 Å². The lowest BCUT2D eigenvalue weighted by molar-refractivity contribution is -0.118. The lowest BCUT2D eigenvalue weighted by Gasteiger charge is -2.32. The number of carbonyl (C=O) groups is 1. The maximum Gasteiger partial charge on any atom is 0.244 e. The number of anilines is 1. The highest BCUT2D eigenvalue weighted by atomic mass is 127. The zero-order chi connectivity index (χ0) is 17.8. The average Bonchev–Trinajstić information content (AvgIpc) is 2.65. The van der Waals surface area contributed by atoms with E-state index in [0.717, 1.165) is 38.5 Å². The van der Waals surface area contributed by atoms with Crippen LogP contribution in [0.5, 0.6) is 11.5 Å². The number of ether oxygens (including phenoxy) is 2. The van der Waals surface area contributed by atoms with E-state index in [0.29, 0.717) is 6.61 Å². The fraction of sp³-hybridized carbons (Fsp3) is 0.316. The van der Waals surface area contributed by atoms with E-state index >= 15 is 0 Å². The van der Waals surface area contributed by atoms with Crippen molar-refractivity contribution >= 4 is 45.9 Å². The number of benzene rings is 2. The molecule has 1 heterocycles. The van der Waals surface area contributed by atoms with E-state index in [1.807, 2.05) is 49.5 Å². The lowest BCUT2D eigenvalue weighted by Crippen LogP contribution is -2.33. The molecule has 0 saturated carbocycles. The van der Waals surface area contributed by atoms with Crippen LogP contribution in [0.2, 0.25) is 0 Å². The number of hydrogen-bond donors (Lipinski definition) is 0. The van der Waals surface area contributed by atoms with Crippen LogP contribution in [-0.4, -0.2) is 31.1 Å². The molecule has 0 bridgehead atoms. The molecule has 0 spiro atoms. The van der Waals surface area contributed by atoms with Crippen LogP contribution in [0, 0.1) is 0 Å². The van der Waals surface area contributed by atoms with Crippen LogP contribution in [0.1, 0.15) is 17.2 Å². The van der Waals surface area contributed by atoms with Gasteiger partial charge in [-0.2, -0.15) is 0 Å². The van der Waals surface area contributed by atoms with Crippen LogP contribution >= 0.6 is 34.4 Å². The third-order valence-corrected chi connectivity index (χ3v) is 6.11. The molecule has 0 radical (unpaired) electrons. The van der Waals surface area contributed by atoms with Crippen molar-refractivity contribution in [1.29, 1.82) is 0 Å². The van der Waals surface area contributed by atoms with Crippen molar-refractivity contribution in [3.05, 3.63) is 48.0 Å². The van der Waals surface area contributed by atoms with Crippen molar-refractivity contribution in [3.8, 4) is 11.5 Å². The summed E-state index contributed by atoms with van der Waals surface area (Å²) in [5.41, 5.74) is 1.81. The second-order valence-corrected chi connectivity index (χ2v) is 7.88. The smallest absolute Gasteiger partial charge is 0.244 e. The highest BCUT2D eigenvalue weighted by Gasteiger charge is 2.34. The topological polar surface area (TPSA) is 38.8 Å². The number of halogens is 1. The molecular weight excluding hydrogens is 449 g/mol. The second kappa shape index (κ2) is 8.31. The fourth-order valence-electron chi connectivity index (χ4n) is 2.73. The van der Waals surface area contributed by atoms with Crippen LogP contribution in [0.15, 0.2) is 47.4 Å². The van der Waals surface area contributed by atoms with Crippen molar-refractivity contribution in [2.24, 2.45) is 0 Å². The number of methoxy groups -OCH3 is 1. The normalized spacial score (nSPS) is 16.5. The summed E-state index contributed by atoms with van der Waals surface area (Å²) in [4.78, 5) is 15.8. The Balaban J connectivity index is 1.98. The molecule has 1 unspecified atom stereocenters. The van der Waals surface area contributed by atoms with Gasteiger partial charge in [-0.15, -0.1) is 11.8 Å². The molecule has 2 aromatic carbocycles. The molecule has 0 saturated heterocycles. The van der Waals surface area contributed by atoms with Gasteiger partial charge in [0.25, 0.3) is 0 Å². The summed E-state index contributed by atoms with van der Waals surface area (Å²) in [6.45, 7) is 0.639. The molecule has 0 N–H and O–H groups in total. The van der Waals surface area contributed by atoms with Crippen molar-refractivity contribution in [2.75, 3.05) is 30.1 Å². The van der Waals surface area contributed by atoms with Crippen LogP contribution < -0.4 is 14.4 Å². The highest BCUT2D eigenvalue weighted by molar-refractivity contribution is 14.1. The van der Waals surface area contributed by atoms with Gasteiger partial charge in [0.1, 0.15) is 16.7 Å². The van der Waals surface area contributed by atoms with Crippen molar-refractivity contribution in [2.45, 2.75) is 16.6 Å². The molecule has 0 aliphatic carbocycles. The SMILES string of the molecule is COc1ccc(OCCCI)c(C2Sc3ccccc3N(C)C2=O)c1. The number of amides is 1. The highest BCUT2D eigenvalue weighted by Crippen LogP contribution is 2.48. The molecule has 132 valence electrons. The first-order chi connectivity index (χ1) is 12.2. The predicted molar refractivity (Wildman–Crippen MR) is 110 cm³/mol. The third-order valence-electron chi connectivity index (χ3n) is 4.06. The zero-order valence-corrected chi connectivity index (χ0v) is 17.2. The number of hydrogen-bond acceptors (Lipinski definition) is 4. The summed E-state index contributed by atoms with van der Waals surface area (Å²) in [6.07, 6.45) is 0.973. The first-order valence-corrected chi connectivity index (χ1v) is 10.5. The Bertz CT molecular complexity index is 768. The third kappa shape index (κ3) is 3.89. The second-order valence-electron chi connectivity index (χ2n) is 5.66. The van der Waals surface area contributed by atoms with Gasteiger partial charge < -0.3 is 14.4 Å². The molecule has 4 nitrogen and oxygen atoms in total. The van der Waals surface area contributed by atoms with Gasteiger partial charge in [0.2, 0.25) is 5.91 Å². The van der Waals surface area contributed by atoms with Crippen LogP contribution in [-0.2, 0) is 4.79 Å². The predicted octanol–water partition coefficient (Wildman–Crippen LogP) is 4.71. The zero-order valence-electron chi connectivity index (χ0n) is 14.2. The van der Waals surface area contributed by atoms with Gasteiger partial charge >= 0.3 is 0 Å². The lowest BCUT2D eigenvalue weighted by atomic mass is 10.1. The minimum absolute atomic E-state index is 0.0516. The number of nitrogens with zero attached hydrogens (tertiary/aromatic N) is 1. The van der Waals surface area contributed by atoms with E-state index in [2.05, 4.69) is 22.6 Å². The minimum atomic E-state index is -0.343. The number of alkyl halides is 1. The first-order valence-electron chi connectivity index (χ1n) is 8.05.